The Bertz CT molecular complexity index is 1050. The summed E-state index contributed by atoms with van der Waals surface area (Å²) in [7, 11) is 0. The van der Waals surface area contributed by atoms with Crippen molar-refractivity contribution in [2.75, 3.05) is 19.8 Å². The Hall–Kier alpha value is -1.74. The van der Waals surface area contributed by atoms with E-state index in [2.05, 4.69) is 23.6 Å². The maximum absolute atomic E-state index is 13.2. The van der Waals surface area contributed by atoms with Crippen LogP contribution in [0.15, 0.2) is 9.59 Å². The summed E-state index contributed by atoms with van der Waals surface area (Å²) in [6, 6.07) is 0.347. The second-order valence-electron chi connectivity index (χ2n) is 8.61. The Morgan fingerprint density at radius 2 is 1.83 bits per heavy atom. The zero-order valence-corrected chi connectivity index (χ0v) is 20.0. The molecule has 0 spiro atoms. The molecule has 30 heavy (non-hydrogen) atoms. The number of nitrogens with zero attached hydrogens (tertiary/aromatic N) is 4. The van der Waals surface area contributed by atoms with Crippen LogP contribution in [0.1, 0.15) is 44.6 Å². The van der Waals surface area contributed by atoms with Gasteiger partial charge in [-0.25, -0.2) is 4.79 Å². The highest BCUT2D eigenvalue weighted by atomic mass is 32.1. The van der Waals surface area contributed by atoms with E-state index in [1.807, 2.05) is 20.8 Å². The smallest absolute Gasteiger partial charge is 0.332 e. The van der Waals surface area contributed by atoms with Crippen molar-refractivity contribution in [2.45, 2.75) is 66.7 Å². The Balaban J connectivity index is 2.09. The van der Waals surface area contributed by atoms with Gasteiger partial charge in [0.1, 0.15) is 4.83 Å². The SMILES string of the molecule is Cc1c(CN2CCN(C(C)C)C2=S)sc2c1c(=O)n(CC(C)C)c(=O)n2CCCF. The molecule has 3 rings (SSSR count). The molecule has 3 heterocycles. The van der Waals surface area contributed by atoms with Crippen LogP contribution in [0.2, 0.25) is 0 Å². The molecule has 6 nitrogen and oxygen atoms in total. The molecule has 2 aromatic heterocycles. The lowest BCUT2D eigenvalue weighted by atomic mass is 10.2. The van der Waals surface area contributed by atoms with Crippen LogP contribution >= 0.6 is 23.6 Å². The summed E-state index contributed by atoms with van der Waals surface area (Å²) >= 11 is 7.12. The third kappa shape index (κ3) is 4.19. The van der Waals surface area contributed by atoms with E-state index in [9.17, 15) is 14.0 Å². The number of thiocarbonyl (C=S) groups is 1. The first-order valence-corrected chi connectivity index (χ1v) is 11.8. The number of rotatable bonds is 8. The van der Waals surface area contributed by atoms with Gasteiger partial charge in [0.25, 0.3) is 5.56 Å². The number of halogens is 1. The van der Waals surface area contributed by atoms with Gasteiger partial charge in [0.05, 0.1) is 18.6 Å². The minimum absolute atomic E-state index is 0.157. The van der Waals surface area contributed by atoms with Gasteiger partial charge in [0, 0.05) is 37.1 Å². The maximum Gasteiger partial charge on any atom is 0.332 e. The van der Waals surface area contributed by atoms with Crippen molar-refractivity contribution in [1.29, 1.82) is 0 Å². The molecule has 0 unspecified atom stereocenters. The number of fused-ring (bicyclic) bond motifs is 1. The molecule has 2 aromatic rings. The largest absolute Gasteiger partial charge is 0.345 e. The van der Waals surface area contributed by atoms with E-state index in [-0.39, 0.29) is 30.1 Å². The molecular formula is C21H31FN4O2S2. The molecule has 9 heteroatoms. The highest BCUT2D eigenvalue weighted by molar-refractivity contribution is 7.80. The Morgan fingerprint density at radius 3 is 2.40 bits per heavy atom. The van der Waals surface area contributed by atoms with E-state index in [4.69, 9.17) is 12.2 Å². The Kier molecular flexibility index (Phi) is 7.02. The lowest BCUT2D eigenvalue weighted by molar-refractivity contribution is 0.389. The van der Waals surface area contributed by atoms with E-state index in [1.165, 1.54) is 15.9 Å². The molecule has 0 radical (unpaired) electrons. The van der Waals surface area contributed by atoms with Crippen LogP contribution in [0.5, 0.6) is 0 Å². The standard InChI is InChI=1S/C21H31FN4O2S2/c1-13(2)11-26-18(27)17-15(5)16(12-23-9-10-24(14(3)4)21(23)29)30-19(17)25(20(26)28)8-6-7-22/h13-14H,6-12H2,1-5H3. The minimum atomic E-state index is -0.498. The molecule has 1 saturated heterocycles. The van der Waals surface area contributed by atoms with Gasteiger partial charge in [0.15, 0.2) is 5.11 Å². The van der Waals surface area contributed by atoms with Crippen LogP contribution in [0, 0.1) is 12.8 Å². The fourth-order valence-corrected chi connectivity index (χ4v) is 5.72. The lowest BCUT2D eigenvalue weighted by Gasteiger charge is -2.24. The number of alkyl halides is 1. The maximum atomic E-state index is 13.2. The van der Waals surface area contributed by atoms with Gasteiger partial charge in [-0.2, -0.15) is 0 Å². The summed E-state index contributed by atoms with van der Waals surface area (Å²) in [5.41, 5.74) is 0.315. The van der Waals surface area contributed by atoms with Crippen LogP contribution < -0.4 is 11.2 Å². The van der Waals surface area contributed by atoms with E-state index < -0.39 is 6.67 Å². The normalized spacial score (nSPS) is 14.9. The molecular weight excluding hydrogens is 423 g/mol. The summed E-state index contributed by atoms with van der Waals surface area (Å²) < 4.78 is 15.8. The summed E-state index contributed by atoms with van der Waals surface area (Å²) in [6.45, 7) is 12.6. The third-order valence-electron chi connectivity index (χ3n) is 5.54. The van der Waals surface area contributed by atoms with Crippen molar-refractivity contribution in [3.8, 4) is 0 Å². The topological polar surface area (TPSA) is 50.5 Å². The zero-order chi connectivity index (χ0) is 22.2. The van der Waals surface area contributed by atoms with Crippen molar-refractivity contribution in [3.05, 3.63) is 31.3 Å². The summed E-state index contributed by atoms with van der Waals surface area (Å²) in [6.07, 6.45) is 0.251. The Morgan fingerprint density at radius 1 is 1.13 bits per heavy atom. The van der Waals surface area contributed by atoms with Crippen LogP contribution in [0.4, 0.5) is 4.39 Å². The molecule has 166 valence electrons. The van der Waals surface area contributed by atoms with Gasteiger partial charge in [-0.3, -0.25) is 18.3 Å². The van der Waals surface area contributed by atoms with Crippen molar-refractivity contribution < 1.29 is 4.39 Å². The van der Waals surface area contributed by atoms with Gasteiger partial charge in [-0.1, -0.05) is 13.8 Å². The van der Waals surface area contributed by atoms with E-state index in [0.29, 0.717) is 29.3 Å². The molecule has 0 N–H and O–H groups in total. The molecule has 0 atom stereocenters. The fraction of sp³-hybridized carbons (Fsp3) is 0.667. The van der Waals surface area contributed by atoms with E-state index >= 15 is 0 Å². The summed E-state index contributed by atoms with van der Waals surface area (Å²) in [4.78, 5) is 32.3. The van der Waals surface area contributed by atoms with Crippen LogP contribution in [0.25, 0.3) is 10.2 Å². The summed E-state index contributed by atoms with van der Waals surface area (Å²) in [5, 5.41) is 1.41. The lowest BCUT2D eigenvalue weighted by Crippen LogP contribution is -2.41. The first-order chi connectivity index (χ1) is 14.2. The third-order valence-corrected chi connectivity index (χ3v) is 7.33. The van der Waals surface area contributed by atoms with Crippen LogP contribution in [-0.2, 0) is 19.6 Å². The van der Waals surface area contributed by atoms with Crippen LogP contribution in [0.3, 0.4) is 0 Å². The number of thiophene rings is 1. The average Bonchev–Trinajstić information content (AvgIpc) is 3.19. The number of aromatic nitrogens is 2. The van der Waals surface area contributed by atoms with E-state index in [0.717, 1.165) is 28.6 Å². The van der Waals surface area contributed by atoms with Gasteiger partial charge < -0.3 is 9.80 Å². The van der Waals surface area contributed by atoms with Gasteiger partial charge in [-0.15, -0.1) is 11.3 Å². The van der Waals surface area contributed by atoms with Crippen LogP contribution in [-0.4, -0.2) is 49.9 Å². The fourth-order valence-electron chi connectivity index (χ4n) is 3.93. The predicted molar refractivity (Wildman–Crippen MR) is 125 cm³/mol. The van der Waals surface area contributed by atoms with Crippen molar-refractivity contribution >= 4 is 38.9 Å². The van der Waals surface area contributed by atoms with E-state index in [1.54, 1.807) is 4.57 Å². The highest BCUT2D eigenvalue weighted by Gasteiger charge is 2.28. The number of hydrogen-bond acceptors (Lipinski definition) is 4. The van der Waals surface area contributed by atoms with Gasteiger partial charge in [-0.05, 0) is 50.9 Å². The van der Waals surface area contributed by atoms with Crippen molar-refractivity contribution in [3.63, 3.8) is 0 Å². The highest BCUT2D eigenvalue weighted by Crippen LogP contribution is 2.30. The van der Waals surface area contributed by atoms with Crippen molar-refractivity contribution in [2.24, 2.45) is 5.92 Å². The molecule has 1 fully saturated rings. The number of hydrogen-bond donors (Lipinski definition) is 0. The molecule has 0 aromatic carbocycles. The van der Waals surface area contributed by atoms with Gasteiger partial charge >= 0.3 is 5.69 Å². The van der Waals surface area contributed by atoms with Crippen molar-refractivity contribution in [1.82, 2.24) is 18.9 Å². The first kappa shape index (κ1) is 22.9. The van der Waals surface area contributed by atoms with Gasteiger partial charge in [0.2, 0.25) is 0 Å². The minimum Gasteiger partial charge on any atom is -0.345 e. The average molecular weight is 455 g/mol. The second-order valence-corrected chi connectivity index (χ2v) is 10.1. The molecule has 0 bridgehead atoms. The molecule has 0 saturated carbocycles. The second kappa shape index (κ2) is 9.18. The first-order valence-electron chi connectivity index (χ1n) is 10.5. The predicted octanol–water partition coefficient (Wildman–Crippen LogP) is 3.36. The summed E-state index contributed by atoms with van der Waals surface area (Å²) in [5.74, 6) is 0.157. The zero-order valence-electron chi connectivity index (χ0n) is 18.4. The molecule has 1 aliphatic rings. The number of aryl methyl sites for hydroxylation is 2. The molecule has 0 aliphatic carbocycles. The Labute approximate surface area is 185 Å². The monoisotopic (exact) mass is 454 g/mol. The molecule has 1 aliphatic heterocycles. The molecule has 0 amide bonds. The quantitative estimate of drug-likeness (QED) is 0.573.